The van der Waals surface area contributed by atoms with Crippen LogP contribution in [-0.4, -0.2) is 14.1 Å². The number of allylic oxidation sites excluding steroid dienone is 2. The quantitative estimate of drug-likeness (QED) is 0.328. The van der Waals surface area contributed by atoms with Gasteiger partial charge in [-0.15, -0.1) is 0 Å². The Morgan fingerprint density at radius 1 is 0.949 bits per heavy atom. The third kappa shape index (κ3) is 5.51. The summed E-state index contributed by atoms with van der Waals surface area (Å²) in [5.74, 6) is 5.05. The third-order valence-electron chi connectivity index (χ3n) is 11.8. The maximum absolute atomic E-state index is 12.8. The van der Waals surface area contributed by atoms with E-state index in [-0.39, 0.29) is 10.3 Å². The molecule has 0 aliphatic heterocycles. The molecule has 0 aromatic heterocycles. The molecule has 1 aromatic carbocycles. The Morgan fingerprint density at radius 2 is 1.69 bits per heavy atom. The fourth-order valence-corrected chi connectivity index (χ4v) is 10.4. The second kappa shape index (κ2) is 11.0. The number of nitrogens with zero attached hydrogens (tertiary/aromatic N) is 1. The summed E-state index contributed by atoms with van der Waals surface area (Å²) in [4.78, 5) is 2.78. The maximum atomic E-state index is 12.8. The highest BCUT2D eigenvalue weighted by Gasteiger charge is 2.59. The molecule has 7 atom stereocenters. The Balaban J connectivity index is 1.28. The molecule has 0 radical (unpaired) electrons. The highest BCUT2D eigenvalue weighted by Crippen LogP contribution is 2.67. The van der Waals surface area contributed by atoms with Gasteiger partial charge in [0.2, 0.25) is 0 Å². The second-order valence-electron chi connectivity index (χ2n) is 14.5. The molecule has 1 aromatic rings. The van der Waals surface area contributed by atoms with Crippen molar-refractivity contribution in [3.05, 3.63) is 41.5 Å². The van der Waals surface area contributed by atoms with Crippen molar-refractivity contribution in [2.24, 2.45) is 51.4 Å². The molecule has 0 spiro atoms. The van der Waals surface area contributed by atoms with Crippen LogP contribution in [0.4, 0.5) is 0 Å². The van der Waals surface area contributed by atoms with Crippen LogP contribution < -0.4 is 4.83 Å². The summed E-state index contributed by atoms with van der Waals surface area (Å²) in [6.07, 6.45) is 16.4. The molecule has 3 saturated carbocycles. The Kier molecular flexibility index (Phi) is 8.14. The van der Waals surface area contributed by atoms with Crippen molar-refractivity contribution in [3.63, 3.8) is 0 Å². The van der Waals surface area contributed by atoms with Crippen molar-refractivity contribution >= 4 is 15.7 Å². The number of fused-ring (bicyclic) bond motifs is 5. The van der Waals surface area contributed by atoms with Crippen LogP contribution >= 0.6 is 0 Å². The lowest BCUT2D eigenvalue weighted by Gasteiger charge is -2.58. The molecule has 0 unspecified atom stereocenters. The molecule has 1 N–H and O–H groups in total. The first-order valence-electron chi connectivity index (χ1n) is 15.8. The smallest absolute Gasteiger partial charge is 0.200 e. The molecule has 0 bridgehead atoms. The van der Waals surface area contributed by atoms with E-state index in [0.717, 1.165) is 66.0 Å². The summed E-state index contributed by atoms with van der Waals surface area (Å²) < 4.78 is 25.6. The normalized spacial score (nSPS) is 36.2. The number of sulfonamides is 1. The van der Waals surface area contributed by atoms with Crippen LogP contribution in [0, 0.1) is 53.3 Å². The molecule has 0 saturated heterocycles. The van der Waals surface area contributed by atoms with Crippen LogP contribution in [-0.2, 0) is 10.0 Å². The summed E-state index contributed by atoms with van der Waals surface area (Å²) in [6, 6.07) is 6.94. The molecule has 4 nitrogen and oxygen atoms in total. The fraction of sp³-hybridized carbons (Fsp3) is 0.735. The van der Waals surface area contributed by atoms with Gasteiger partial charge in [0.05, 0.1) is 10.6 Å². The van der Waals surface area contributed by atoms with Gasteiger partial charge in [-0.2, -0.15) is 18.4 Å². The molecule has 0 heterocycles. The number of hydrazone groups is 1. The summed E-state index contributed by atoms with van der Waals surface area (Å²) in [5, 5.41) is 4.41. The lowest BCUT2D eigenvalue weighted by molar-refractivity contribution is -0.0573. The molecule has 4 aliphatic carbocycles. The Bertz CT molecular complexity index is 1200. The van der Waals surface area contributed by atoms with Crippen molar-refractivity contribution in [3.8, 4) is 0 Å². The van der Waals surface area contributed by atoms with Gasteiger partial charge in [0.15, 0.2) is 0 Å². The third-order valence-corrected chi connectivity index (χ3v) is 13.0. The van der Waals surface area contributed by atoms with Gasteiger partial charge in [-0.25, -0.2) is 0 Å². The first-order chi connectivity index (χ1) is 18.4. The van der Waals surface area contributed by atoms with E-state index in [0.29, 0.717) is 5.41 Å². The number of hydrogen-bond donors (Lipinski definition) is 1. The number of aryl methyl sites for hydroxylation is 1. The van der Waals surface area contributed by atoms with E-state index in [9.17, 15) is 8.42 Å². The molecular weight excluding hydrogens is 500 g/mol. The number of nitrogens with one attached hydrogen (secondary N) is 1. The van der Waals surface area contributed by atoms with Crippen LogP contribution in [0.15, 0.2) is 45.9 Å². The van der Waals surface area contributed by atoms with Crippen molar-refractivity contribution in [2.45, 2.75) is 117 Å². The molecule has 0 amide bonds. The highest BCUT2D eigenvalue weighted by molar-refractivity contribution is 7.89. The molecule has 5 rings (SSSR count). The zero-order valence-electron chi connectivity index (χ0n) is 25.3. The molecule has 5 heteroatoms. The minimum Gasteiger partial charge on any atom is -0.200 e. The SMILES string of the molecule is Cc1ccc(S(=O)(=O)NN=C2C=C3CC[C@H]4[C@@H]5CC[C@H]([C@H](C)CCCC(C)C)[C@@]5(C)CC[C@@H]4[C@@]3(C)CC2)cc1. The van der Waals surface area contributed by atoms with E-state index in [1.807, 2.05) is 19.1 Å². The second-order valence-corrected chi connectivity index (χ2v) is 16.2. The summed E-state index contributed by atoms with van der Waals surface area (Å²) >= 11 is 0. The minimum atomic E-state index is -3.65. The van der Waals surface area contributed by atoms with Gasteiger partial charge >= 0.3 is 0 Å². The number of rotatable bonds is 8. The average Bonchev–Trinajstić information content (AvgIpc) is 3.25. The first kappa shape index (κ1) is 28.9. The summed E-state index contributed by atoms with van der Waals surface area (Å²) in [6.45, 7) is 14.4. The molecule has 39 heavy (non-hydrogen) atoms. The Labute approximate surface area is 238 Å². The standard InChI is InChI=1S/C34H52N2O2S/c1-23(2)8-7-9-25(4)30-16-17-31-29-15-12-26-22-27(18-20-33(26,5)32(29)19-21-34(30,31)6)35-36-39(37,38)28-13-10-24(3)11-14-28/h10-11,13-14,22-23,25,29-32,36H,7-9,12,15-21H2,1-6H3/t25-,29+,30-,31+,32+,33+,34-/m1/s1. The van der Waals surface area contributed by atoms with Gasteiger partial charge in [0.25, 0.3) is 10.0 Å². The number of benzene rings is 1. The van der Waals surface area contributed by atoms with E-state index in [2.05, 4.69) is 50.6 Å². The topological polar surface area (TPSA) is 58.5 Å². The van der Waals surface area contributed by atoms with E-state index in [1.54, 1.807) is 12.1 Å². The summed E-state index contributed by atoms with van der Waals surface area (Å²) in [5.41, 5.74) is 4.20. The lowest BCUT2D eigenvalue weighted by atomic mass is 9.46. The Hall–Kier alpha value is -1.62. The van der Waals surface area contributed by atoms with Crippen LogP contribution in [0.3, 0.4) is 0 Å². The molecule has 4 aliphatic rings. The Morgan fingerprint density at radius 3 is 2.41 bits per heavy atom. The monoisotopic (exact) mass is 552 g/mol. The zero-order valence-corrected chi connectivity index (χ0v) is 26.1. The van der Waals surface area contributed by atoms with Gasteiger partial charge in [0.1, 0.15) is 0 Å². The predicted molar refractivity (Wildman–Crippen MR) is 162 cm³/mol. The van der Waals surface area contributed by atoms with E-state index in [1.165, 1.54) is 56.9 Å². The van der Waals surface area contributed by atoms with E-state index in [4.69, 9.17) is 0 Å². The summed E-state index contributed by atoms with van der Waals surface area (Å²) in [7, 11) is -3.65. The predicted octanol–water partition coefficient (Wildman–Crippen LogP) is 8.67. The molecule has 216 valence electrons. The van der Waals surface area contributed by atoms with Gasteiger partial charge in [-0.05, 0) is 123 Å². The van der Waals surface area contributed by atoms with Crippen LogP contribution in [0.5, 0.6) is 0 Å². The van der Waals surface area contributed by atoms with Gasteiger partial charge in [-0.1, -0.05) is 77.2 Å². The lowest BCUT2D eigenvalue weighted by Crippen LogP contribution is -2.51. The van der Waals surface area contributed by atoms with E-state index >= 15 is 0 Å². The molecular formula is C34H52N2O2S. The zero-order chi connectivity index (χ0) is 28.0. The maximum Gasteiger partial charge on any atom is 0.276 e. The first-order valence-corrected chi connectivity index (χ1v) is 17.3. The van der Waals surface area contributed by atoms with E-state index < -0.39 is 10.0 Å². The highest BCUT2D eigenvalue weighted by atomic mass is 32.2. The largest absolute Gasteiger partial charge is 0.276 e. The van der Waals surface area contributed by atoms with Gasteiger partial charge in [-0.3, -0.25) is 0 Å². The minimum absolute atomic E-state index is 0.236. The average molecular weight is 553 g/mol. The van der Waals surface area contributed by atoms with Crippen molar-refractivity contribution in [1.82, 2.24) is 4.83 Å². The number of hydrogen-bond acceptors (Lipinski definition) is 3. The van der Waals surface area contributed by atoms with Crippen molar-refractivity contribution in [2.75, 3.05) is 0 Å². The van der Waals surface area contributed by atoms with Crippen LogP contribution in [0.25, 0.3) is 0 Å². The fourth-order valence-electron chi connectivity index (χ4n) is 9.57. The molecule has 3 fully saturated rings. The van der Waals surface area contributed by atoms with Gasteiger partial charge < -0.3 is 0 Å². The van der Waals surface area contributed by atoms with Crippen LogP contribution in [0.1, 0.15) is 111 Å². The van der Waals surface area contributed by atoms with Crippen molar-refractivity contribution < 1.29 is 8.42 Å². The van der Waals surface area contributed by atoms with Crippen molar-refractivity contribution in [1.29, 1.82) is 0 Å². The van der Waals surface area contributed by atoms with Crippen LogP contribution in [0.2, 0.25) is 0 Å². The van der Waals surface area contributed by atoms with Gasteiger partial charge in [0, 0.05) is 0 Å².